The standard InChI is InChI=1S/C26H37N3O3S/c1-5-13-27-26(31)28(14-10-19(2)3)17-25(30)29-15-11-24-22(12-16-33-24)23(29)18-32-21-8-6-20(4)7-9-21/h6-9,12,16,19,23H,5,10-11,13-15,17-18H2,1-4H3,(H,27,31)/t23-/m1/s1. The Balaban J connectivity index is 1.73. The van der Waals surface area contributed by atoms with Crippen LogP contribution in [0.25, 0.3) is 0 Å². The summed E-state index contributed by atoms with van der Waals surface area (Å²) in [4.78, 5) is 31.1. The monoisotopic (exact) mass is 471 g/mol. The molecular weight excluding hydrogens is 434 g/mol. The molecule has 1 N–H and O–H groups in total. The number of ether oxygens (including phenoxy) is 1. The number of carbonyl (C=O) groups excluding carboxylic acids is 2. The van der Waals surface area contributed by atoms with Crippen molar-refractivity contribution in [1.29, 1.82) is 0 Å². The van der Waals surface area contributed by atoms with Crippen molar-refractivity contribution < 1.29 is 14.3 Å². The second-order valence-electron chi connectivity index (χ2n) is 9.11. The number of hydrogen-bond donors (Lipinski definition) is 1. The first kappa shape index (κ1) is 25.1. The van der Waals surface area contributed by atoms with E-state index in [1.165, 1.54) is 10.4 Å². The maximum absolute atomic E-state index is 13.5. The normalized spacial score (nSPS) is 15.3. The highest BCUT2D eigenvalue weighted by Crippen LogP contribution is 2.34. The van der Waals surface area contributed by atoms with Crippen LogP contribution in [0.4, 0.5) is 4.79 Å². The lowest BCUT2D eigenvalue weighted by molar-refractivity contribution is -0.135. The Bertz CT molecular complexity index is 910. The molecule has 0 spiro atoms. The molecule has 0 saturated heterocycles. The number of amides is 3. The van der Waals surface area contributed by atoms with Crippen LogP contribution in [0, 0.1) is 12.8 Å². The fourth-order valence-corrected chi connectivity index (χ4v) is 4.88. The van der Waals surface area contributed by atoms with E-state index in [1.54, 1.807) is 16.2 Å². The van der Waals surface area contributed by atoms with E-state index in [0.717, 1.165) is 30.6 Å². The smallest absolute Gasteiger partial charge is 0.317 e. The summed E-state index contributed by atoms with van der Waals surface area (Å²) in [6, 6.07) is 9.77. The number of nitrogens with zero attached hydrogens (tertiary/aromatic N) is 2. The molecule has 180 valence electrons. The van der Waals surface area contributed by atoms with E-state index < -0.39 is 0 Å². The van der Waals surface area contributed by atoms with Gasteiger partial charge in [-0.2, -0.15) is 0 Å². The summed E-state index contributed by atoms with van der Waals surface area (Å²) >= 11 is 1.74. The maximum Gasteiger partial charge on any atom is 0.317 e. The summed E-state index contributed by atoms with van der Waals surface area (Å²) in [5.41, 5.74) is 2.34. The molecule has 7 heteroatoms. The zero-order valence-electron chi connectivity index (χ0n) is 20.3. The van der Waals surface area contributed by atoms with Crippen molar-refractivity contribution in [3.63, 3.8) is 0 Å². The second kappa shape index (κ2) is 12.1. The fraction of sp³-hybridized carbons (Fsp3) is 0.538. The van der Waals surface area contributed by atoms with Gasteiger partial charge in [0, 0.05) is 24.5 Å². The zero-order chi connectivity index (χ0) is 23.8. The highest BCUT2D eigenvalue weighted by atomic mass is 32.1. The van der Waals surface area contributed by atoms with Crippen LogP contribution in [0.3, 0.4) is 0 Å². The molecule has 0 unspecified atom stereocenters. The Labute approximate surface area is 201 Å². The summed E-state index contributed by atoms with van der Waals surface area (Å²) in [6.07, 6.45) is 2.57. The van der Waals surface area contributed by atoms with E-state index in [-0.39, 0.29) is 24.5 Å². The van der Waals surface area contributed by atoms with Crippen molar-refractivity contribution in [2.45, 2.75) is 53.0 Å². The molecule has 33 heavy (non-hydrogen) atoms. The van der Waals surface area contributed by atoms with Crippen LogP contribution in [-0.4, -0.2) is 54.5 Å². The molecule has 1 aliphatic rings. The minimum atomic E-state index is -0.161. The molecule has 6 nitrogen and oxygen atoms in total. The first-order chi connectivity index (χ1) is 15.9. The first-order valence-corrected chi connectivity index (χ1v) is 12.8. The number of fused-ring (bicyclic) bond motifs is 1. The van der Waals surface area contributed by atoms with Gasteiger partial charge in [-0.25, -0.2) is 4.79 Å². The lowest BCUT2D eigenvalue weighted by Crippen LogP contribution is -2.50. The molecule has 0 fully saturated rings. The van der Waals surface area contributed by atoms with E-state index >= 15 is 0 Å². The molecule has 1 aliphatic heterocycles. The number of nitrogens with one attached hydrogen (secondary N) is 1. The first-order valence-electron chi connectivity index (χ1n) is 12.0. The molecule has 3 rings (SSSR count). The number of aryl methyl sites for hydroxylation is 1. The fourth-order valence-electron chi connectivity index (χ4n) is 3.95. The predicted octanol–water partition coefficient (Wildman–Crippen LogP) is 5.03. The van der Waals surface area contributed by atoms with E-state index in [1.807, 2.05) is 43.0 Å². The van der Waals surface area contributed by atoms with E-state index in [9.17, 15) is 9.59 Å². The van der Waals surface area contributed by atoms with Crippen molar-refractivity contribution in [3.8, 4) is 5.75 Å². The van der Waals surface area contributed by atoms with Crippen LogP contribution in [0.1, 0.15) is 55.7 Å². The van der Waals surface area contributed by atoms with E-state index in [0.29, 0.717) is 32.2 Å². The Morgan fingerprint density at radius 1 is 1.24 bits per heavy atom. The largest absolute Gasteiger partial charge is 0.491 e. The van der Waals surface area contributed by atoms with Gasteiger partial charge >= 0.3 is 6.03 Å². The highest BCUT2D eigenvalue weighted by molar-refractivity contribution is 7.10. The molecule has 1 atom stereocenters. The molecule has 0 saturated carbocycles. The molecule has 0 aliphatic carbocycles. The van der Waals surface area contributed by atoms with Crippen LogP contribution < -0.4 is 10.1 Å². The Hall–Kier alpha value is -2.54. The van der Waals surface area contributed by atoms with Gasteiger partial charge in [-0.1, -0.05) is 38.5 Å². The molecule has 2 aromatic rings. The van der Waals surface area contributed by atoms with E-state index in [2.05, 4.69) is 30.6 Å². The maximum atomic E-state index is 13.5. The van der Waals surface area contributed by atoms with Crippen molar-refractivity contribution in [3.05, 3.63) is 51.7 Å². The summed E-state index contributed by atoms with van der Waals surface area (Å²) in [5.74, 6) is 1.23. The third-order valence-electron chi connectivity index (χ3n) is 5.96. The third kappa shape index (κ3) is 6.97. The topological polar surface area (TPSA) is 61.9 Å². The van der Waals surface area contributed by atoms with Gasteiger partial charge in [-0.3, -0.25) is 4.79 Å². The second-order valence-corrected chi connectivity index (χ2v) is 10.1. The zero-order valence-corrected chi connectivity index (χ0v) is 21.1. The number of carbonyl (C=O) groups is 2. The van der Waals surface area contributed by atoms with Gasteiger partial charge in [0.05, 0.1) is 6.04 Å². The Kier molecular flexibility index (Phi) is 9.18. The number of benzene rings is 1. The number of thiophene rings is 1. The Morgan fingerprint density at radius 2 is 2.00 bits per heavy atom. The third-order valence-corrected chi connectivity index (χ3v) is 6.96. The van der Waals surface area contributed by atoms with Gasteiger partial charge in [0.2, 0.25) is 5.91 Å². The van der Waals surface area contributed by atoms with Gasteiger partial charge in [0.1, 0.15) is 18.9 Å². The summed E-state index contributed by atoms with van der Waals surface area (Å²) < 4.78 is 6.11. The SMILES string of the molecule is CCCNC(=O)N(CCC(C)C)CC(=O)N1CCc2sccc2[C@H]1COc1ccc(C)cc1. The molecule has 0 radical (unpaired) electrons. The average molecular weight is 472 g/mol. The van der Waals surface area contributed by atoms with Crippen LogP contribution in [-0.2, 0) is 11.2 Å². The lowest BCUT2D eigenvalue weighted by Gasteiger charge is -2.37. The minimum absolute atomic E-state index is 0.0280. The molecule has 2 heterocycles. The van der Waals surface area contributed by atoms with Gasteiger partial charge in [0.25, 0.3) is 0 Å². The van der Waals surface area contributed by atoms with Gasteiger partial charge < -0.3 is 19.9 Å². The van der Waals surface area contributed by atoms with Crippen LogP contribution >= 0.6 is 11.3 Å². The van der Waals surface area contributed by atoms with Crippen molar-refractivity contribution in [2.24, 2.45) is 5.92 Å². The predicted molar refractivity (Wildman–Crippen MR) is 134 cm³/mol. The number of rotatable bonds is 10. The Morgan fingerprint density at radius 3 is 2.70 bits per heavy atom. The van der Waals surface area contributed by atoms with Crippen LogP contribution in [0.15, 0.2) is 35.7 Å². The quantitative estimate of drug-likeness (QED) is 0.529. The van der Waals surface area contributed by atoms with Crippen molar-refractivity contribution >= 4 is 23.3 Å². The number of urea groups is 1. The van der Waals surface area contributed by atoms with Crippen LogP contribution in [0.2, 0.25) is 0 Å². The molecule has 1 aromatic carbocycles. The lowest BCUT2D eigenvalue weighted by atomic mass is 10.0. The summed E-state index contributed by atoms with van der Waals surface area (Å²) in [7, 11) is 0. The molecule has 1 aromatic heterocycles. The van der Waals surface area contributed by atoms with Crippen molar-refractivity contribution in [2.75, 3.05) is 32.8 Å². The van der Waals surface area contributed by atoms with Crippen molar-refractivity contribution in [1.82, 2.24) is 15.1 Å². The van der Waals surface area contributed by atoms with Gasteiger partial charge in [-0.05, 0) is 61.2 Å². The average Bonchev–Trinajstić information content (AvgIpc) is 3.28. The molecule has 0 bridgehead atoms. The summed E-state index contributed by atoms with van der Waals surface area (Å²) in [5, 5.41) is 5.02. The van der Waals surface area contributed by atoms with Gasteiger partial charge in [-0.15, -0.1) is 11.3 Å². The van der Waals surface area contributed by atoms with Gasteiger partial charge in [0.15, 0.2) is 0 Å². The summed E-state index contributed by atoms with van der Waals surface area (Å²) in [6.45, 7) is 10.6. The molecular formula is C26H37N3O3S. The minimum Gasteiger partial charge on any atom is -0.491 e. The van der Waals surface area contributed by atoms with Crippen LogP contribution in [0.5, 0.6) is 5.75 Å². The number of hydrogen-bond acceptors (Lipinski definition) is 4. The molecule has 3 amide bonds. The highest BCUT2D eigenvalue weighted by Gasteiger charge is 2.33. The van der Waals surface area contributed by atoms with E-state index in [4.69, 9.17) is 4.74 Å².